The molecule has 1 fully saturated rings. The van der Waals surface area contributed by atoms with Gasteiger partial charge in [-0.3, -0.25) is 14.9 Å². The molecule has 0 aromatic heterocycles. The first-order chi connectivity index (χ1) is 12.4. The summed E-state index contributed by atoms with van der Waals surface area (Å²) in [7, 11) is 0. The highest BCUT2D eigenvalue weighted by Gasteiger charge is 2.25. The maximum Gasteiger partial charge on any atom is 0.409 e. The van der Waals surface area contributed by atoms with Gasteiger partial charge in [0, 0.05) is 38.3 Å². The van der Waals surface area contributed by atoms with E-state index in [2.05, 4.69) is 0 Å². The highest BCUT2D eigenvalue weighted by atomic mass is 16.6. The maximum absolute atomic E-state index is 12.1. The van der Waals surface area contributed by atoms with Gasteiger partial charge in [-0.2, -0.15) is 0 Å². The lowest BCUT2D eigenvalue weighted by atomic mass is 10.2. The van der Waals surface area contributed by atoms with Crippen molar-refractivity contribution in [3.05, 3.63) is 39.9 Å². The average molecular weight is 365 g/mol. The van der Waals surface area contributed by atoms with E-state index in [0.29, 0.717) is 26.2 Å². The number of rotatable bonds is 5. The van der Waals surface area contributed by atoms with E-state index in [0.717, 1.165) is 0 Å². The molecular formula is C16H19N3O7. The largest absolute Gasteiger partial charge is 0.452 e. The Kier molecular flexibility index (Phi) is 6.48. The van der Waals surface area contributed by atoms with Crippen LogP contribution in [0.25, 0.3) is 0 Å². The molecule has 2 amide bonds. The van der Waals surface area contributed by atoms with Crippen molar-refractivity contribution in [3.63, 3.8) is 0 Å². The summed E-state index contributed by atoms with van der Waals surface area (Å²) in [5.74, 6) is -1.11. The van der Waals surface area contributed by atoms with E-state index in [1.165, 1.54) is 34.1 Å². The third kappa shape index (κ3) is 4.91. The van der Waals surface area contributed by atoms with Gasteiger partial charge in [0.2, 0.25) is 0 Å². The van der Waals surface area contributed by atoms with Crippen LogP contribution in [0.15, 0.2) is 24.3 Å². The molecule has 2 rings (SSSR count). The van der Waals surface area contributed by atoms with Crippen LogP contribution in [0.3, 0.4) is 0 Å². The Morgan fingerprint density at radius 3 is 2.15 bits per heavy atom. The number of nitro benzene ring substituents is 1. The lowest BCUT2D eigenvalue weighted by Gasteiger charge is -2.33. The van der Waals surface area contributed by atoms with E-state index in [-0.39, 0.29) is 23.8 Å². The van der Waals surface area contributed by atoms with Gasteiger partial charge in [0.15, 0.2) is 6.61 Å². The minimum Gasteiger partial charge on any atom is -0.452 e. The molecular weight excluding hydrogens is 346 g/mol. The Morgan fingerprint density at radius 1 is 1.04 bits per heavy atom. The Morgan fingerprint density at radius 2 is 1.62 bits per heavy atom. The van der Waals surface area contributed by atoms with Crippen LogP contribution in [0.5, 0.6) is 0 Å². The topological polar surface area (TPSA) is 119 Å². The molecule has 0 unspecified atom stereocenters. The van der Waals surface area contributed by atoms with E-state index >= 15 is 0 Å². The fourth-order valence-corrected chi connectivity index (χ4v) is 2.37. The molecule has 0 aliphatic carbocycles. The first-order valence-electron chi connectivity index (χ1n) is 8.03. The average Bonchev–Trinajstić information content (AvgIpc) is 2.66. The number of piperazine rings is 1. The number of benzene rings is 1. The third-order valence-electron chi connectivity index (χ3n) is 3.80. The third-order valence-corrected chi connectivity index (χ3v) is 3.80. The van der Waals surface area contributed by atoms with Gasteiger partial charge in [-0.05, 0) is 19.1 Å². The van der Waals surface area contributed by atoms with Crippen LogP contribution in [0, 0.1) is 10.1 Å². The molecule has 0 saturated carbocycles. The number of nitrogens with zero attached hydrogens (tertiary/aromatic N) is 3. The molecule has 0 spiro atoms. The summed E-state index contributed by atoms with van der Waals surface area (Å²) in [4.78, 5) is 48.6. The summed E-state index contributed by atoms with van der Waals surface area (Å²) >= 11 is 0. The number of carbonyl (C=O) groups excluding carboxylic acids is 3. The molecule has 1 saturated heterocycles. The summed E-state index contributed by atoms with van der Waals surface area (Å²) in [6.07, 6.45) is -0.413. The van der Waals surface area contributed by atoms with Crippen molar-refractivity contribution < 1.29 is 28.8 Å². The molecule has 26 heavy (non-hydrogen) atoms. The first kappa shape index (κ1) is 19.2. The van der Waals surface area contributed by atoms with Crippen LogP contribution in [0.1, 0.15) is 17.3 Å². The Hall–Kier alpha value is -3.17. The van der Waals surface area contributed by atoms with Gasteiger partial charge >= 0.3 is 12.1 Å². The van der Waals surface area contributed by atoms with Crippen molar-refractivity contribution in [1.29, 1.82) is 0 Å². The molecule has 140 valence electrons. The van der Waals surface area contributed by atoms with Gasteiger partial charge in [-0.15, -0.1) is 0 Å². The number of hydrogen-bond acceptors (Lipinski definition) is 7. The molecule has 0 bridgehead atoms. The van der Waals surface area contributed by atoms with E-state index in [1.807, 2.05) is 0 Å². The fourth-order valence-electron chi connectivity index (χ4n) is 2.37. The number of amides is 2. The maximum atomic E-state index is 12.1. The van der Waals surface area contributed by atoms with Crippen molar-refractivity contribution in [3.8, 4) is 0 Å². The van der Waals surface area contributed by atoms with Crippen molar-refractivity contribution >= 4 is 23.7 Å². The summed E-state index contributed by atoms with van der Waals surface area (Å²) in [5.41, 5.74) is -0.0207. The zero-order chi connectivity index (χ0) is 19.1. The van der Waals surface area contributed by atoms with E-state index in [4.69, 9.17) is 9.47 Å². The summed E-state index contributed by atoms with van der Waals surface area (Å²) in [6, 6.07) is 4.91. The van der Waals surface area contributed by atoms with Gasteiger partial charge in [-0.1, -0.05) is 0 Å². The lowest BCUT2D eigenvalue weighted by Crippen LogP contribution is -2.51. The quantitative estimate of drug-likeness (QED) is 0.434. The highest BCUT2D eigenvalue weighted by molar-refractivity contribution is 5.91. The number of ether oxygens (including phenoxy) is 2. The number of carbonyl (C=O) groups is 3. The van der Waals surface area contributed by atoms with Gasteiger partial charge in [0.1, 0.15) is 0 Å². The zero-order valence-electron chi connectivity index (χ0n) is 14.3. The number of hydrogen-bond donors (Lipinski definition) is 0. The molecule has 1 aliphatic rings. The predicted octanol–water partition coefficient (Wildman–Crippen LogP) is 1.05. The minimum atomic E-state index is -0.738. The second kappa shape index (κ2) is 8.79. The number of non-ortho nitro benzene ring substituents is 1. The van der Waals surface area contributed by atoms with Crippen molar-refractivity contribution in [2.75, 3.05) is 39.4 Å². The van der Waals surface area contributed by atoms with Gasteiger partial charge < -0.3 is 19.3 Å². The van der Waals surface area contributed by atoms with Gasteiger partial charge in [0.25, 0.3) is 11.6 Å². The second-order valence-corrected chi connectivity index (χ2v) is 5.45. The van der Waals surface area contributed by atoms with E-state index in [1.54, 1.807) is 6.92 Å². The standard InChI is InChI=1S/C16H19N3O7/c1-2-25-16(22)18-9-7-17(8-10-18)14(20)11-26-15(21)12-3-5-13(6-4-12)19(23)24/h3-6H,2,7-11H2,1H3. The molecule has 1 heterocycles. The molecule has 10 heteroatoms. The molecule has 1 aliphatic heterocycles. The molecule has 0 radical (unpaired) electrons. The van der Waals surface area contributed by atoms with Crippen molar-refractivity contribution in [1.82, 2.24) is 9.80 Å². The SMILES string of the molecule is CCOC(=O)N1CCN(C(=O)COC(=O)c2ccc([N+](=O)[O-])cc2)CC1. The van der Waals surface area contributed by atoms with Crippen LogP contribution in [0.4, 0.5) is 10.5 Å². The van der Waals surface area contributed by atoms with E-state index < -0.39 is 23.6 Å². The van der Waals surface area contributed by atoms with E-state index in [9.17, 15) is 24.5 Å². The Bertz CT molecular complexity index is 682. The van der Waals surface area contributed by atoms with Crippen LogP contribution < -0.4 is 0 Å². The van der Waals surface area contributed by atoms with Gasteiger partial charge in [-0.25, -0.2) is 9.59 Å². The molecule has 1 aromatic carbocycles. The lowest BCUT2D eigenvalue weighted by molar-refractivity contribution is -0.384. The second-order valence-electron chi connectivity index (χ2n) is 5.45. The summed E-state index contributed by atoms with van der Waals surface area (Å²) < 4.78 is 9.85. The Labute approximate surface area is 149 Å². The van der Waals surface area contributed by atoms with Crippen molar-refractivity contribution in [2.24, 2.45) is 0 Å². The molecule has 1 aromatic rings. The summed E-state index contributed by atoms with van der Waals surface area (Å²) in [5, 5.41) is 10.6. The molecule has 10 nitrogen and oxygen atoms in total. The highest BCUT2D eigenvalue weighted by Crippen LogP contribution is 2.13. The molecule has 0 atom stereocenters. The predicted molar refractivity (Wildman–Crippen MR) is 88.6 cm³/mol. The zero-order valence-corrected chi connectivity index (χ0v) is 14.3. The first-order valence-corrected chi connectivity index (χ1v) is 8.03. The van der Waals surface area contributed by atoms with Crippen LogP contribution >= 0.6 is 0 Å². The monoisotopic (exact) mass is 365 g/mol. The smallest absolute Gasteiger partial charge is 0.409 e. The Balaban J connectivity index is 1.79. The van der Waals surface area contributed by atoms with Gasteiger partial charge in [0.05, 0.1) is 17.1 Å². The fraction of sp³-hybridized carbons (Fsp3) is 0.438. The number of nitro groups is 1. The number of esters is 1. The van der Waals surface area contributed by atoms with Crippen LogP contribution in [-0.4, -0.2) is 72.1 Å². The normalized spacial score (nSPS) is 13.9. The van der Waals surface area contributed by atoms with Crippen LogP contribution in [-0.2, 0) is 14.3 Å². The van der Waals surface area contributed by atoms with Crippen molar-refractivity contribution in [2.45, 2.75) is 6.92 Å². The molecule has 0 N–H and O–H groups in total. The summed E-state index contributed by atoms with van der Waals surface area (Å²) in [6.45, 7) is 2.92. The minimum absolute atomic E-state index is 0.121. The van der Waals surface area contributed by atoms with Crippen LogP contribution in [0.2, 0.25) is 0 Å².